The number of nitrogens with one attached hydrogen (secondary N) is 1. The van der Waals surface area contributed by atoms with Gasteiger partial charge in [-0.2, -0.15) is 0 Å². The zero-order valence-corrected chi connectivity index (χ0v) is 16.3. The van der Waals surface area contributed by atoms with Gasteiger partial charge >= 0.3 is 0 Å². The van der Waals surface area contributed by atoms with Gasteiger partial charge in [0, 0.05) is 10.8 Å². The first-order valence-electron chi connectivity index (χ1n) is 7.16. The molecule has 5 nitrogen and oxygen atoms in total. The first-order valence-corrected chi connectivity index (χ1v) is 8.52. The normalized spacial score (nSPS) is 12.8. The molecule has 25 heavy (non-hydrogen) atoms. The Bertz CT molecular complexity index is 842. The molecule has 1 aliphatic rings. The lowest BCUT2D eigenvalue weighted by Gasteiger charge is -2.16. The average molecular weight is 441 g/mol. The molecule has 0 spiro atoms. The average Bonchev–Trinajstić information content (AvgIpc) is 2.79. The molecule has 1 aliphatic heterocycles. The molecule has 0 aliphatic carbocycles. The van der Waals surface area contributed by atoms with Gasteiger partial charge in [-0.15, -0.1) is 17.0 Å². The third-order valence-corrected chi connectivity index (χ3v) is 4.72. The third-order valence-electron chi connectivity index (χ3n) is 3.69. The van der Waals surface area contributed by atoms with Crippen molar-refractivity contribution >= 4 is 62.9 Å². The highest BCUT2D eigenvalue weighted by molar-refractivity contribution is 8.93. The highest BCUT2D eigenvalue weighted by Crippen LogP contribution is 2.32. The maximum absolute atomic E-state index is 12.2. The lowest BCUT2D eigenvalue weighted by Crippen LogP contribution is -2.29. The topological polar surface area (TPSA) is 87.2 Å². The number of hydrogen-bond acceptors (Lipinski definition) is 4. The van der Waals surface area contributed by atoms with Crippen LogP contribution in [0.1, 0.15) is 21.5 Å². The summed E-state index contributed by atoms with van der Waals surface area (Å²) < 4.78 is 0. The Labute approximate surface area is 164 Å². The lowest BCUT2D eigenvalue weighted by molar-refractivity contribution is -0.114. The Balaban J connectivity index is 0.00000225. The third kappa shape index (κ3) is 4.23. The van der Waals surface area contributed by atoms with Crippen LogP contribution in [0.25, 0.3) is 0 Å². The predicted octanol–water partition coefficient (Wildman–Crippen LogP) is 3.77. The highest BCUT2D eigenvalue weighted by Gasteiger charge is 2.35. The minimum atomic E-state index is -0.538. The van der Waals surface area contributed by atoms with Crippen LogP contribution in [0, 0.1) is 5.41 Å². The number of nitrogens with zero attached hydrogens (tertiary/aromatic N) is 1. The number of amides is 1. The molecule has 0 fully saturated rings. The summed E-state index contributed by atoms with van der Waals surface area (Å²) in [4.78, 5) is 25.7. The van der Waals surface area contributed by atoms with Gasteiger partial charge < -0.3 is 10.6 Å². The van der Waals surface area contributed by atoms with Crippen molar-refractivity contribution in [3.8, 4) is 0 Å². The summed E-state index contributed by atoms with van der Waals surface area (Å²) in [5.41, 5.74) is 8.21. The highest BCUT2D eigenvalue weighted by atomic mass is 79.9. The molecule has 2 aromatic rings. The van der Waals surface area contributed by atoms with Gasteiger partial charge in [-0.1, -0.05) is 47.6 Å². The quantitative estimate of drug-likeness (QED) is 0.430. The predicted molar refractivity (Wildman–Crippen MR) is 107 cm³/mol. The second-order valence-corrected chi connectivity index (χ2v) is 6.80. The zero-order valence-electron chi connectivity index (χ0n) is 13.0. The first kappa shape index (κ1) is 19.5. The molecule has 0 bridgehead atoms. The standard InChI is InChI=1S/C17H14ClN3O2S.BrH/c18-12-5-6-14-13(7-12)15(22)16(23)21(14)8-10-1-3-11(4-2-10)9-24-17(19)20;/h1-7H,8-9H2,(H3,19,20);1H. The number of nitrogens with two attached hydrogens (primary N) is 1. The van der Waals surface area contributed by atoms with E-state index in [0.717, 1.165) is 11.1 Å². The van der Waals surface area contributed by atoms with E-state index in [0.29, 0.717) is 28.6 Å². The number of ketones is 1. The van der Waals surface area contributed by atoms with E-state index in [2.05, 4.69) is 0 Å². The second kappa shape index (κ2) is 8.03. The second-order valence-electron chi connectivity index (χ2n) is 5.35. The molecule has 0 aromatic heterocycles. The van der Waals surface area contributed by atoms with Crippen molar-refractivity contribution < 1.29 is 9.59 Å². The van der Waals surface area contributed by atoms with Crippen LogP contribution in [0.2, 0.25) is 5.02 Å². The minimum absolute atomic E-state index is 0. The minimum Gasteiger partial charge on any atom is -0.379 e. The van der Waals surface area contributed by atoms with Crippen LogP contribution in [0.15, 0.2) is 42.5 Å². The molecule has 0 radical (unpaired) electrons. The SMILES string of the molecule is Br.N=C(N)SCc1ccc(CN2C(=O)C(=O)c3cc(Cl)ccc32)cc1. The summed E-state index contributed by atoms with van der Waals surface area (Å²) >= 11 is 7.16. The number of halogens is 2. The fourth-order valence-electron chi connectivity index (χ4n) is 2.51. The zero-order chi connectivity index (χ0) is 17.3. The van der Waals surface area contributed by atoms with E-state index in [1.165, 1.54) is 22.7 Å². The summed E-state index contributed by atoms with van der Waals surface area (Å²) in [6.07, 6.45) is 0. The van der Waals surface area contributed by atoms with Crippen molar-refractivity contribution in [3.63, 3.8) is 0 Å². The van der Waals surface area contributed by atoms with Crippen molar-refractivity contribution in [2.24, 2.45) is 5.73 Å². The summed E-state index contributed by atoms with van der Waals surface area (Å²) in [6, 6.07) is 12.6. The van der Waals surface area contributed by atoms with E-state index in [4.69, 9.17) is 22.7 Å². The van der Waals surface area contributed by atoms with Crippen molar-refractivity contribution in [1.82, 2.24) is 0 Å². The monoisotopic (exact) mass is 439 g/mol. The van der Waals surface area contributed by atoms with Gasteiger partial charge in [-0.25, -0.2) is 0 Å². The molecule has 8 heteroatoms. The molecular weight excluding hydrogens is 426 g/mol. The van der Waals surface area contributed by atoms with Crippen LogP contribution < -0.4 is 10.6 Å². The fourth-order valence-corrected chi connectivity index (χ4v) is 3.20. The molecule has 0 atom stereocenters. The number of fused-ring (bicyclic) bond motifs is 1. The molecule has 3 N–H and O–H groups in total. The number of anilines is 1. The van der Waals surface area contributed by atoms with E-state index in [1.54, 1.807) is 12.1 Å². The summed E-state index contributed by atoms with van der Waals surface area (Å²) in [7, 11) is 0. The molecule has 1 heterocycles. The number of Topliss-reactive ketones (excluding diaryl/α,β-unsaturated/α-hetero) is 1. The first-order chi connectivity index (χ1) is 11.5. The van der Waals surface area contributed by atoms with Crippen LogP contribution in [0.5, 0.6) is 0 Å². The van der Waals surface area contributed by atoms with Crippen molar-refractivity contribution in [2.75, 3.05) is 4.90 Å². The molecule has 0 saturated heterocycles. The van der Waals surface area contributed by atoms with E-state index in [9.17, 15) is 9.59 Å². The number of hydrogen-bond donors (Lipinski definition) is 2. The van der Waals surface area contributed by atoms with Crippen LogP contribution in [-0.4, -0.2) is 16.9 Å². The molecule has 0 unspecified atom stereocenters. The Hall–Kier alpha value is -1.83. The number of carbonyl (C=O) groups is 2. The molecule has 2 aromatic carbocycles. The van der Waals surface area contributed by atoms with E-state index < -0.39 is 11.7 Å². The Morgan fingerprint density at radius 3 is 2.40 bits per heavy atom. The van der Waals surface area contributed by atoms with Crippen molar-refractivity contribution in [3.05, 3.63) is 64.2 Å². The van der Waals surface area contributed by atoms with Gasteiger partial charge in [-0.05, 0) is 29.3 Å². The Morgan fingerprint density at radius 2 is 1.76 bits per heavy atom. The van der Waals surface area contributed by atoms with Crippen LogP contribution in [0.4, 0.5) is 5.69 Å². The van der Waals surface area contributed by atoms with Gasteiger partial charge in [-0.3, -0.25) is 15.0 Å². The number of rotatable bonds is 4. The van der Waals surface area contributed by atoms with Crippen molar-refractivity contribution in [1.29, 1.82) is 5.41 Å². The molecule has 0 saturated carbocycles. The Morgan fingerprint density at radius 1 is 1.12 bits per heavy atom. The largest absolute Gasteiger partial charge is 0.379 e. The van der Waals surface area contributed by atoms with Crippen molar-refractivity contribution in [2.45, 2.75) is 12.3 Å². The van der Waals surface area contributed by atoms with Gasteiger partial charge in [0.1, 0.15) is 0 Å². The van der Waals surface area contributed by atoms with E-state index >= 15 is 0 Å². The molecular formula is C17H15BrClN3O2S. The fraction of sp³-hybridized carbons (Fsp3) is 0.118. The van der Waals surface area contributed by atoms with E-state index in [-0.39, 0.29) is 22.1 Å². The Kier molecular flexibility index (Phi) is 6.26. The van der Waals surface area contributed by atoms with Gasteiger partial charge in [0.2, 0.25) is 0 Å². The van der Waals surface area contributed by atoms with Crippen LogP contribution >= 0.6 is 40.3 Å². The molecule has 130 valence electrons. The van der Waals surface area contributed by atoms with Crippen LogP contribution in [0.3, 0.4) is 0 Å². The summed E-state index contributed by atoms with van der Waals surface area (Å²) in [6.45, 7) is 0.319. The molecule has 1 amide bonds. The smallest absolute Gasteiger partial charge is 0.299 e. The molecule has 3 rings (SSSR count). The van der Waals surface area contributed by atoms with Gasteiger partial charge in [0.15, 0.2) is 5.17 Å². The van der Waals surface area contributed by atoms with E-state index in [1.807, 2.05) is 24.3 Å². The van der Waals surface area contributed by atoms with Gasteiger partial charge in [0.25, 0.3) is 11.7 Å². The number of carbonyl (C=O) groups excluding carboxylic acids is 2. The number of benzene rings is 2. The number of amidine groups is 1. The maximum atomic E-state index is 12.2. The lowest BCUT2D eigenvalue weighted by atomic mass is 10.1. The summed E-state index contributed by atoms with van der Waals surface area (Å²) in [5, 5.41) is 7.73. The maximum Gasteiger partial charge on any atom is 0.299 e. The number of thioether (sulfide) groups is 1. The van der Waals surface area contributed by atoms with Gasteiger partial charge in [0.05, 0.1) is 17.8 Å². The summed E-state index contributed by atoms with van der Waals surface area (Å²) in [5.74, 6) is -0.441. The van der Waals surface area contributed by atoms with Crippen LogP contribution in [-0.2, 0) is 17.1 Å².